The lowest BCUT2D eigenvalue weighted by atomic mass is 9.99. The number of nitrogens with zero attached hydrogens (tertiary/aromatic N) is 1. The first kappa shape index (κ1) is 15.4. The molecule has 0 saturated carbocycles. The Morgan fingerprint density at radius 1 is 1.45 bits per heavy atom. The second-order valence-corrected chi connectivity index (χ2v) is 5.86. The molecule has 5 heteroatoms. The predicted octanol–water partition coefficient (Wildman–Crippen LogP) is 2.32. The van der Waals surface area contributed by atoms with Gasteiger partial charge in [0, 0.05) is 37.4 Å². The topological polar surface area (TPSA) is 38.5 Å². The zero-order chi connectivity index (χ0) is 14.5. The molecular formula is C15H21FN2OS. The lowest BCUT2D eigenvalue weighted by Crippen LogP contribution is -2.29. The number of hydrogen-bond donors (Lipinski definition) is 1. The van der Waals surface area contributed by atoms with Crippen molar-refractivity contribution < 1.29 is 9.13 Å². The van der Waals surface area contributed by atoms with E-state index in [9.17, 15) is 4.39 Å². The lowest BCUT2D eigenvalue weighted by Gasteiger charge is -2.27. The van der Waals surface area contributed by atoms with Gasteiger partial charge in [0.2, 0.25) is 0 Å². The molecular weight excluding hydrogens is 275 g/mol. The van der Waals surface area contributed by atoms with Gasteiger partial charge >= 0.3 is 0 Å². The van der Waals surface area contributed by atoms with Crippen molar-refractivity contribution in [3.63, 3.8) is 0 Å². The smallest absolute Gasteiger partial charge is 0.127 e. The number of halogens is 1. The molecule has 2 rings (SSSR count). The molecule has 3 nitrogen and oxygen atoms in total. The Labute approximate surface area is 124 Å². The highest BCUT2D eigenvalue weighted by molar-refractivity contribution is 7.80. The summed E-state index contributed by atoms with van der Waals surface area (Å²) in [6.45, 7) is 3.20. The molecule has 110 valence electrons. The zero-order valence-electron chi connectivity index (χ0n) is 11.8. The summed E-state index contributed by atoms with van der Waals surface area (Å²) in [7, 11) is 2.02. The summed E-state index contributed by atoms with van der Waals surface area (Å²) in [5.74, 6) is 0.430. The quantitative estimate of drug-likeness (QED) is 0.846. The third-order valence-corrected chi connectivity index (χ3v) is 3.92. The summed E-state index contributed by atoms with van der Waals surface area (Å²) >= 11 is 4.94. The molecule has 0 unspecified atom stereocenters. The van der Waals surface area contributed by atoms with Crippen molar-refractivity contribution in [3.8, 4) is 0 Å². The zero-order valence-corrected chi connectivity index (χ0v) is 12.6. The number of nitrogens with two attached hydrogens (primary N) is 1. The Morgan fingerprint density at radius 3 is 2.80 bits per heavy atom. The first-order valence-corrected chi connectivity index (χ1v) is 7.31. The molecule has 1 heterocycles. The maximum Gasteiger partial charge on any atom is 0.127 e. The normalized spacial score (nSPS) is 16.6. The molecule has 0 bridgehead atoms. The van der Waals surface area contributed by atoms with Crippen LogP contribution in [0.4, 0.5) is 4.39 Å². The molecule has 1 aromatic rings. The SMILES string of the molecule is CN(Cc1cc(C(N)=S)ccc1F)CC1CCOCC1. The van der Waals surface area contributed by atoms with Crippen LogP contribution in [0.1, 0.15) is 24.0 Å². The minimum absolute atomic E-state index is 0.205. The Hall–Kier alpha value is -1.04. The Morgan fingerprint density at radius 2 is 2.15 bits per heavy atom. The van der Waals surface area contributed by atoms with E-state index in [-0.39, 0.29) is 5.82 Å². The van der Waals surface area contributed by atoms with Crippen LogP contribution in [0.3, 0.4) is 0 Å². The van der Waals surface area contributed by atoms with Crippen molar-refractivity contribution in [2.45, 2.75) is 19.4 Å². The van der Waals surface area contributed by atoms with Crippen LogP contribution in [0.25, 0.3) is 0 Å². The van der Waals surface area contributed by atoms with Crippen LogP contribution in [0, 0.1) is 11.7 Å². The van der Waals surface area contributed by atoms with Gasteiger partial charge in [-0.15, -0.1) is 0 Å². The number of rotatable bonds is 5. The summed E-state index contributed by atoms with van der Waals surface area (Å²) in [6.07, 6.45) is 2.17. The van der Waals surface area contributed by atoms with Crippen molar-refractivity contribution in [2.75, 3.05) is 26.8 Å². The Bertz CT molecular complexity index is 475. The minimum Gasteiger partial charge on any atom is -0.389 e. The second kappa shape index (κ2) is 7.11. The number of hydrogen-bond acceptors (Lipinski definition) is 3. The van der Waals surface area contributed by atoms with Crippen molar-refractivity contribution in [1.82, 2.24) is 4.90 Å². The summed E-state index contributed by atoms with van der Waals surface area (Å²) in [4.78, 5) is 2.45. The molecule has 1 aliphatic heterocycles. The van der Waals surface area contributed by atoms with E-state index >= 15 is 0 Å². The van der Waals surface area contributed by atoms with Gasteiger partial charge in [-0.05, 0) is 44.0 Å². The molecule has 0 spiro atoms. The summed E-state index contributed by atoms with van der Waals surface area (Å²) in [5.41, 5.74) is 6.96. The third kappa shape index (κ3) is 4.23. The number of benzene rings is 1. The van der Waals surface area contributed by atoms with Crippen LogP contribution in [0.2, 0.25) is 0 Å². The van der Waals surface area contributed by atoms with Gasteiger partial charge in [0.15, 0.2) is 0 Å². The van der Waals surface area contributed by atoms with Crippen molar-refractivity contribution in [1.29, 1.82) is 0 Å². The predicted molar refractivity (Wildman–Crippen MR) is 82.2 cm³/mol. The van der Waals surface area contributed by atoms with Crippen LogP contribution in [0.5, 0.6) is 0 Å². The van der Waals surface area contributed by atoms with Gasteiger partial charge < -0.3 is 15.4 Å². The second-order valence-electron chi connectivity index (χ2n) is 5.42. The average Bonchev–Trinajstić information content (AvgIpc) is 2.42. The van der Waals surface area contributed by atoms with E-state index in [1.165, 1.54) is 6.07 Å². The largest absolute Gasteiger partial charge is 0.389 e. The molecule has 1 aliphatic rings. The average molecular weight is 296 g/mol. The van der Waals surface area contributed by atoms with E-state index in [1.807, 2.05) is 7.05 Å². The highest BCUT2D eigenvalue weighted by Crippen LogP contribution is 2.18. The Kier molecular flexibility index (Phi) is 5.46. The highest BCUT2D eigenvalue weighted by Gasteiger charge is 2.16. The minimum atomic E-state index is -0.205. The molecule has 0 amide bonds. The third-order valence-electron chi connectivity index (χ3n) is 3.68. The van der Waals surface area contributed by atoms with Gasteiger partial charge in [-0.3, -0.25) is 0 Å². The molecule has 0 atom stereocenters. The van der Waals surface area contributed by atoms with Crippen LogP contribution in [-0.2, 0) is 11.3 Å². The molecule has 1 aromatic carbocycles. The van der Waals surface area contributed by atoms with E-state index in [1.54, 1.807) is 12.1 Å². The van der Waals surface area contributed by atoms with Crippen molar-refractivity contribution in [3.05, 3.63) is 35.1 Å². The molecule has 2 N–H and O–H groups in total. The highest BCUT2D eigenvalue weighted by atomic mass is 32.1. The number of thiocarbonyl (C=S) groups is 1. The van der Waals surface area contributed by atoms with Gasteiger partial charge in [-0.25, -0.2) is 4.39 Å². The van der Waals surface area contributed by atoms with Crippen LogP contribution in [-0.4, -0.2) is 36.7 Å². The van der Waals surface area contributed by atoms with Gasteiger partial charge in [-0.2, -0.15) is 0 Å². The van der Waals surface area contributed by atoms with Crippen LogP contribution < -0.4 is 5.73 Å². The molecule has 20 heavy (non-hydrogen) atoms. The fourth-order valence-corrected chi connectivity index (χ4v) is 2.70. The molecule has 1 saturated heterocycles. The Balaban J connectivity index is 1.97. The standard InChI is InChI=1S/C15H21FN2OS/c1-18(9-11-4-6-19-7-5-11)10-13-8-12(15(17)20)2-3-14(13)16/h2-3,8,11H,4-7,9-10H2,1H3,(H2,17,20). The van der Waals surface area contributed by atoms with Crippen LogP contribution in [0.15, 0.2) is 18.2 Å². The summed E-state index contributed by atoms with van der Waals surface area (Å²) in [6, 6.07) is 4.81. The summed E-state index contributed by atoms with van der Waals surface area (Å²) < 4.78 is 19.2. The van der Waals surface area contributed by atoms with E-state index in [0.717, 1.165) is 38.2 Å². The molecule has 0 radical (unpaired) electrons. The van der Waals surface area contributed by atoms with Crippen molar-refractivity contribution >= 4 is 17.2 Å². The molecule has 0 aromatic heterocycles. The van der Waals surface area contributed by atoms with E-state index < -0.39 is 0 Å². The first-order chi connectivity index (χ1) is 9.56. The van der Waals surface area contributed by atoms with Gasteiger partial charge in [0.05, 0.1) is 0 Å². The molecule has 0 aliphatic carbocycles. The van der Waals surface area contributed by atoms with Crippen molar-refractivity contribution in [2.24, 2.45) is 11.7 Å². The van der Waals surface area contributed by atoms with E-state index in [0.29, 0.717) is 23.0 Å². The fourth-order valence-electron chi connectivity index (χ4n) is 2.57. The monoisotopic (exact) mass is 296 g/mol. The summed E-state index contributed by atoms with van der Waals surface area (Å²) in [5, 5.41) is 0. The van der Waals surface area contributed by atoms with E-state index in [2.05, 4.69) is 4.90 Å². The molecule has 1 fully saturated rings. The fraction of sp³-hybridized carbons (Fsp3) is 0.533. The maximum atomic E-state index is 13.8. The maximum absolute atomic E-state index is 13.8. The lowest BCUT2D eigenvalue weighted by molar-refractivity contribution is 0.0548. The number of ether oxygens (including phenoxy) is 1. The van der Waals surface area contributed by atoms with Crippen LogP contribution >= 0.6 is 12.2 Å². The van der Waals surface area contributed by atoms with Gasteiger partial charge in [0.25, 0.3) is 0 Å². The first-order valence-electron chi connectivity index (χ1n) is 6.91. The van der Waals surface area contributed by atoms with E-state index in [4.69, 9.17) is 22.7 Å². The van der Waals surface area contributed by atoms with Gasteiger partial charge in [-0.1, -0.05) is 12.2 Å². The van der Waals surface area contributed by atoms with Gasteiger partial charge in [0.1, 0.15) is 10.8 Å².